The molecule has 150 valence electrons. The summed E-state index contributed by atoms with van der Waals surface area (Å²) in [5, 5.41) is 11.1. The Morgan fingerprint density at radius 1 is 1.03 bits per heavy atom. The molecule has 3 heterocycles. The van der Waals surface area contributed by atoms with Gasteiger partial charge in [-0.25, -0.2) is 4.98 Å². The maximum atomic E-state index is 12.5. The molecule has 1 amide bonds. The predicted octanol–water partition coefficient (Wildman–Crippen LogP) is 1.93. The molecule has 1 fully saturated rings. The molecule has 9 heteroatoms. The SMILES string of the molecule is Cc1ccc(Nc2cc(C)nc(N3CCN(C(=O)c4cn(C)nn4)CC3)n2)cc1. The highest BCUT2D eigenvalue weighted by Gasteiger charge is 2.25. The summed E-state index contributed by atoms with van der Waals surface area (Å²) in [5.41, 5.74) is 3.46. The number of benzene rings is 1. The molecule has 0 unspecified atom stereocenters. The second-order valence-electron chi connectivity index (χ2n) is 7.24. The summed E-state index contributed by atoms with van der Waals surface area (Å²) in [7, 11) is 1.75. The molecule has 3 aromatic rings. The maximum Gasteiger partial charge on any atom is 0.276 e. The van der Waals surface area contributed by atoms with Gasteiger partial charge >= 0.3 is 0 Å². The van der Waals surface area contributed by atoms with E-state index in [1.807, 2.05) is 25.1 Å². The molecule has 0 atom stereocenters. The number of carbonyl (C=O) groups is 1. The van der Waals surface area contributed by atoms with Crippen molar-refractivity contribution >= 4 is 23.4 Å². The summed E-state index contributed by atoms with van der Waals surface area (Å²) in [5.74, 6) is 1.34. The van der Waals surface area contributed by atoms with Crippen LogP contribution in [0.5, 0.6) is 0 Å². The Hall–Kier alpha value is -3.49. The molecule has 1 N–H and O–H groups in total. The van der Waals surface area contributed by atoms with Crippen molar-refractivity contribution in [2.24, 2.45) is 7.05 Å². The van der Waals surface area contributed by atoms with Crippen molar-refractivity contribution in [3.8, 4) is 0 Å². The first-order valence-electron chi connectivity index (χ1n) is 9.58. The minimum absolute atomic E-state index is 0.0929. The zero-order valence-electron chi connectivity index (χ0n) is 16.8. The van der Waals surface area contributed by atoms with Gasteiger partial charge in [-0.3, -0.25) is 9.48 Å². The zero-order valence-corrected chi connectivity index (χ0v) is 16.8. The van der Waals surface area contributed by atoms with Gasteiger partial charge in [-0.15, -0.1) is 5.10 Å². The molecule has 0 bridgehead atoms. The largest absolute Gasteiger partial charge is 0.340 e. The van der Waals surface area contributed by atoms with Crippen LogP contribution in [0.15, 0.2) is 36.5 Å². The van der Waals surface area contributed by atoms with Crippen molar-refractivity contribution in [1.82, 2.24) is 29.9 Å². The molecule has 1 aliphatic heterocycles. The van der Waals surface area contributed by atoms with E-state index >= 15 is 0 Å². The number of anilines is 3. The zero-order chi connectivity index (χ0) is 20.4. The maximum absolute atomic E-state index is 12.5. The number of carbonyl (C=O) groups excluding carboxylic acids is 1. The van der Waals surface area contributed by atoms with Crippen molar-refractivity contribution in [1.29, 1.82) is 0 Å². The second-order valence-corrected chi connectivity index (χ2v) is 7.24. The van der Waals surface area contributed by atoms with Crippen LogP contribution in [0.3, 0.4) is 0 Å². The van der Waals surface area contributed by atoms with Crippen LogP contribution in [0.2, 0.25) is 0 Å². The van der Waals surface area contributed by atoms with Gasteiger partial charge in [0.1, 0.15) is 5.82 Å². The molecule has 0 radical (unpaired) electrons. The summed E-state index contributed by atoms with van der Waals surface area (Å²) < 4.78 is 1.53. The van der Waals surface area contributed by atoms with Crippen LogP contribution in [0.4, 0.5) is 17.5 Å². The minimum Gasteiger partial charge on any atom is -0.340 e. The number of rotatable bonds is 4. The number of nitrogens with zero attached hydrogens (tertiary/aromatic N) is 7. The van der Waals surface area contributed by atoms with Gasteiger partial charge in [-0.05, 0) is 26.0 Å². The lowest BCUT2D eigenvalue weighted by atomic mass is 10.2. The first-order valence-corrected chi connectivity index (χ1v) is 9.58. The summed E-state index contributed by atoms with van der Waals surface area (Å²) in [6.45, 7) is 6.53. The van der Waals surface area contributed by atoms with Crippen molar-refractivity contribution in [2.75, 3.05) is 36.4 Å². The molecule has 0 spiro atoms. The molecule has 2 aromatic heterocycles. The fraction of sp³-hybridized carbons (Fsp3) is 0.350. The average Bonchev–Trinajstić information content (AvgIpc) is 3.15. The summed E-state index contributed by atoms with van der Waals surface area (Å²) in [6.07, 6.45) is 1.64. The number of amides is 1. The molecular formula is C20H24N8O. The van der Waals surface area contributed by atoms with Crippen molar-refractivity contribution in [2.45, 2.75) is 13.8 Å². The van der Waals surface area contributed by atoms with E-state index in [4.69, 9.17) is 0 Å². The summed E-state index contributed by atoms with van der Waals surface area (Å²) in [4.78, 5) is 25.7. The van der Waals surface area contributed by atoms with Crippen molar-refractivity contribution < 1.29 is 4.79 Å². The van der Waals surface area contributed by atoms with Crippen LogP contribution in [0.1, 0.15) is 21.7 Å². The lowest BCUT2D eigenvalue weighted by molar-refractivity contribution is 0.0740. The molecular weight excluding hydrogens is 368 g/mol. The molecule has 9 nitrogen and oxygen atoms in total. The normalized spacial score (nSPS) is 14.2. The van der Waals surface area contributed by atoms with E-state index in [0.29, 0.717) is 37.8 Å². The van der Waals surface area contributed by atoms with Gasteiger partial charge in [0.15, 0.2) is 5.69 Å². The third-order valence-corrected chi connectivity index (χ3v) is 4.84. The lowest BCUT2D eigenvalue weighted by Crippen LogP contribution is -2.49. The van der Waals surface area contributed by atoms with Crippen molar-refractivity contribution in [3.05, 3.63) is 53.5 Å². The number of aromatic nitrogens is 5. The number of nitrogens with one attached hydrogen (secondary N) is 1. The highest BCUT2D eigenvalue weighted by Crippen LogP contribution is 2.20. The lowest BCUT2D eigenvalue weighted by Gasteiger charge is -2.34. The van der Waals surface area contributed by atoms with E-state index in [1.165, 1.54) is 10.2 Å². The molecule has 1 aromatic carbocycles. The number of aryl methyl sites for hydroxylation is 3. The smallest absolute Gasteiger partial charge is 0.276 e. The molecule has 0 saturated carbocycles. The van der Waals surface area contributed by atoms with Crippen LogP contribution in [-0.2, 0) is 7.05 Å². The third-order valence-electron chi connectivity index (χ3n) is 4.84. The Labute approximate surface area is 169 Å². The van der Waals surface area contributed by atoms with Gasteiger partial charge in [-0.2, -0.15) is 4.98 Å². The van der Waals surface area contributed by atoms with Gasteiger partial charge < -0.3 is 15.1 Å². The third kappa shape index (κ3) is 4.34. The highest BCUT2D eigenvalue weighted by molar-refractivity contribution is 5.92. The predicted molar refractivity (Wildman–Crippen MR) is 110 cm³/mol. The summed E-state index contributed by atoms with van der Waals surface area (Å²) in [6, 6.07) is 10.1. The molecule has 1 saturated heterocycles. The first-order chi connectivity index (χ1) is 14.0. The number of piperazine rings is 1. The van der Waals surface area contributed by atoms with E-state index in [9.17, 15) is 4.79 Å². The van der Waals surface area contributed by atoms with Crippen LogP contribution < -0.4 is 10.2 Å². The minimum atomic E-state index is -0.0929. The first kappa shape index (κ1) is 18.9. The topological polar surface area (TPSA) is 92.1 Å². The molecule has 29 heavy (non-hydrogen) atoms. The number of hydrogen-bond acceptors (Lipinski definition) is 7. The highest BCUT2D eigenvalue weighted by atomic mass is 16.2. The van der Waals surface area contributed by atoms with Crippen molar-refractivity contribution in [3.63, 3.8) is 0 Å². The summed E-state index contributed by atoms with van der Waals surface area (Å²) >= 11 is 0. The Bertz CT molecular complexity index is 1010. The van der Waals surface area contributed by atoms with E-state index < -0.39 is 0 Å². The van der Waals surface area contributed by atoms with E-state index in [0.717, 1.165) is 17.2 Å². The monoisotopic (exact) mass is 392 g/mol. The molecule has 4 rings (SSSR count). The fourth-order valence-corrected chi connectivity index (χ4v) is 3.26. The van der Waals surface area contributed by atoms with Crippen LogP contribution in [-0.4, -0.2) is 61.9 Å². The van der Waals surface area contributed by atoms with Crippen LogP contribution in [0.25, 0.3) is 0 Å². The van der Waals surface area contributed by atoms with E-state index in [1.54, 1.807) is 18.1 Å². The van der Waals surface area contributed by atoms with Gasteiger partial charge in [0.2, 0.25) is 5.95 Å². The quantitative estimate of drug-likeness (QED) is 0.725. The average molecular weight is 392 g/mol. The van der Waals surface area contributed by atoms with Gasteiger partial charge in [0.05, 0.1) is 6.20 Å². The Morgan fingerprint density at radius 2 is 1.76 bits per heavy atom. The Balaban J connectivity index is 1.43. The Kier molecular flexibility index (Phi) is 5.11. The Morgan fingerprint density at radius 3 is 2.41 bits per heavy atom. The van der Waals surface area contributed by atoms with Crippen LogP contribution >= 0.6 is 0 Å². The van der Waals surface area contributed by atoms with Gasteiger partial charge in [-0.1, -0.05) is 22.9 Å². The number of hydrogen-bond donors (Lipinski definition) is 1. The molecule has 0 aliphatic carbocycles. The molecule has 1 aliphatic rings. The standard InChI is InChI=1S/C20H24N8O/c1-14-4-6-16(7-5-14)22-18-12-15(2)21-20(23-18)28-10-8-27(9-11-28)19(29)17-13-26(3)25-24-17/h4-7,12-13H,8-11H2,1-3H3,(H,21,22,23). The van der Waals surface area contributed by atoms with E-state index in [-0.39, 0.29) is 5.91 Å². The fourth-order valence-electron chi connectivity index (χ4n) is 3.26. The second kappa shape index (κ2) is 7.86. The van der Waals surface area contributed by atoms with E-state index in [2.05, 4.69) is 49.6 Å². The van der Waals surface area contributed by atoms with Gasteiger partial charge in [0, 0.05) is 50.7 Å². The van der Waals surface area contributed by atoms with Crippen LogP contribution in [0, 0.1) is 13.8 Å². The van der Waals surface area contributed by atoms with Gasteiger partial charge in [0.25, 0.3) is 5.91 Å².